The number of hydrogen-bond donors (Lipinski definition) is 1. The second kappa shape index (κ2) is 7.39. The average Bonchev–Trinajstić information content (AvgIpc) is 2.95. The predicted molar refractivity (Wildman–Crippen MR) is 100 cm³/mol. The van der Waals surface area contributed by atoms with Crippen LogP contribution in [0.3, 0.4) is 0 Å². The van der Waals surface area contributed by atoms with Gasteiger partial charge in [0.15, 0.2) is 0 Å². The van der Waals surface area contributed by atoms with Crippen LogP contribution in [-0.2, 0) is 4.79 Å². The molecule has 142 valence electrons. The minimum Gasteiger partial charge on any atom is -0.393 e. The molecule has 4 fully saturated rings. The first-order valence-corrected chi connectivity index (χ1v) is 9.97. The number of aliphatic hydroxyl groups excluding tert-OH is 1. The van der Waals surface area contributed by atoms with Gasteiger partial charge in [-0.05, 0) is 38.2 Å². The number of carbonyl (C=O) groups is 1. The Morgan fingerprint density at radius 1 is 1.15 bits per heavy atom. The largest absolute Gasteiger partial charge is 0.393 e. The minimum absolute atomic E-state index is 0.0673. The van der Waals surface area contributed by atoms with Crippen LogP contribution in [0.5, 0.6) is 0 Å². The van der Waals surface area contributed by atoms with Gasteiger partial charge in [-0.3, -0.25) is 4.79 Å². The predicted octanol–water partition coefficient (Wildman–Crippen LogP) is 1.27. The summed E-state index contributed by atoms with van der Waals surface area (Å²) < 4.78 is 0. The van der Waals surface area contributed by atoms with E-state index in [1.807, 2.05) is 12.3 Å². The summed E-state index contributed by atoms with van der Waals surface area (Å²) >= 11 is 0. The molecule has 0 saturated carbocycles. The van der Waals surface area contributed by atoms with Crippen LogP contribution in [0, 0.1) is 5.92 Å². The fourth-order valence-corrected chi connectivity index (χ4v) is 4.50. The maximum atomic E-state index is 12.7. The third-order valence-electron chi connectivity index (χ3n) is 5.96. The van der Waals surface area contributed by atoms with E-state index in [2.05, 4.69) is 26.6 Å². The lowest BCUT2D eigenvalue weighted by Crippen LogP contribution is -2.48. The van der Waals surface area contributed by atoms with Gasteiger partial charge in [-0.25, -0.2) is 4.98 Å². The summed E-state index contributed by atoms with van der Waals surface area (Å²) in [5, 5.41) is 9.72. The SMILES string of the molecule is CCCN1C(=O)[C@H]2CC[C@@H]1CN(c1nccc(N3CCC(O)CC3)n1)C2. The molecule has 1 amide bonds. The molecule has 5 heterocycles. The van der Waals surface area contributed by atoms with Crippen LogP contribution in [0.4, 0.5) is 11.8 Å². The zero-order valence-corrected chi connectivity index (χ0v) is 15.5. The van der Waals surface area contributed by atoms with Crippen molar-refractivity contribution in [3.8, 4) is 0 Å². The Morgan fingerprint density at radius 3 is 2.73 bits per heavy atom. The van der Waals surface area contributed by atoms with E-state index in [-0.39, 0.29) is 18.1 Å². The Hall–Kier alpha value is -1.89. The van der Waals surface area contributed by atoms with Gasteiger partial charge in [-0.15, -0.1) is 0 Å². The Labute approximate surface area is 155 Å². The summed E-state index contributed by atoms with van der Waals surface area (Å²) in [5.74, 6) is 2.04. The molecule has 7 nitrogen and oxygen atoms in total. The Morgan fingerprint density at radius 2 is 1.96 bits per heavy atom. The minimum atomic E-state index is -0.190. The zero-order valence-electron chi connectivity index (χ0n) is 15.5. The van der Waals surface area contributed by atoms with Gasteiger partial charge >= 0.3 is 0 Å². The first-order valence-electron chi connectivity index (χ1n) is 9.97. The third-order valence-corrected chi connectivity index (χ3v) is 5.96. The Kier molecular flexibility index (Phi) is 4.98. The van der Waals surface area contributed by atoms with Gasteiger partial charge < -0.3 is 19.8 Å². The molecular formula is C19H29N5O2. The van der Waals surface area contributed by atoms with Gasteiger partial charge in [-0.1, -0.05) is 6.92 Å². The van der Waals surface area contributed by atoms with Gasteiger partial charge in [-0.2, -0.15) is 4.98 Å². The van der Waals surface area contributed by atoms with E-state index in [9.17, 15) is 9.90 Å². The number of nitrogens with zero attached hydrogens (tertiary/aromatic N) is 5. The molecule has 26 heavy (non-hydrogen) atoms. The van der Waals surface area contributed by atoms with Gasteiger partial charge in [0.1, 0.15) is 5.82 Å². The van der Waals surface area contributed by atoms with E-state index >= 15 is 0 Å². The monoisotopic (exact) mass is 359 g/mol. The number of anilines is 2. The summed E-state index contributed by atoms with van der Waals surface area (Å²) in [7, 11) is 0. The second-order valence-corrected chi connectivity index (χ2v) is 7.80. The quantitative estimate of drug-likeness (QED) is 0.873. The van der Waals surface area contributed by atoms with Gasteiger partial charge in [0.25, 0.3) is 0 Å². The topological polar surface area (TPSA) is 72.8 Å². The normalized spacial score (nSPS) is 27.2. The lowest BCUT2D eigenvalue weighted by molar-refractivity contribution is -0.139. The molecule has 1 aromatic rings. The number of fused-ring (bicyclic) bond motifs is 4. The van der Waals surface area contributed by atoms with E-state index < -0.39 is 0 Å². The Balaban J connectivity index is 1.53. The van der Waals surface area contributed by atoms with Crippen LogP contribution in [-0.4, -0.2) is 70.8 Å². The van der Waals surface area contributed by atoms with Gasteiger partial charge in [0.2, 0.25) is 11.9 Å². The highest BCUT2D eigenvalue weighted by molar-refractivity contribution is 5.81. The highest BCUT2D eigenvalue weighted by atomic mass is 16.3. The number of rotatable bonds is 4. The van der Waals surface area contributed by atoms with Crippen LogP contribution >= 0.6 is 0 Å². The van der Waals surface area contributed by atoms with Crippen molar-refractivity contribution in [1.82, 2.24) is 14.9 Å². The molecule has 4 aliphatic rings. The van der Waals surface area contributed by atoms with Crippen LogP contribution in [0.25, 0.3) is 0 Å². The molecule has 1 N–H and O–H groups in total. The molecule has 0 spiro atoms. The molecule has 4 aliphatic heterocycles. The summed E-state index contributed by atoms with van der Waals surface area (Å²) in [5.41, 5.74) is 0. The first-order chi connectivity index (χ1) is 12.7. The maximum absolute atomic E-state index is 12.7. The van der Waals surface area contributed by atoms with E-state index in [1.165, 1.54) is 0 Å². The van der Waals surface area contributed by atoms with Crippen LogP contribution in [0.15, 0.2) is 12.3 Å². The van der Waals surface area contributed by atoms with E-state index in [0.29, 0.717) is 5.91 Å². The first kappa shape index (κ1) is 17.5. The van der Waals surface area contributed by atoms with Crippen molar-refractivity contribution in [3.63, 3.8) is 0 Å². The number of aromatic nitrogens is 2. The molecule has 0 unspecified atom stereocenters. The molecule has 0 aromatic carbocycles. The summed E-state index contributed by atoms with van der Waals surface area (Å²) in [6.45, 7) is 6.18. The lowest BCUT2D eigenvalue weighted by atomic mass is 9.94. The van der Waals surface area contributed by atoms with E-state index in [4.69, 9.17) is 4.98 Å². The number of hydrogen-bond acceptors (Lipinski definition) is 6. The molecular weight excluding hydrogens is 330 g/mol. The molecule has 4 saturated heterocycles. The average molecular weight is 359 g/mol. The van der Waals surface area contributed by atoms with Gasteiger partial charge in [0, 0.05) is 45.0 Å². The lowest BCUT2D eigenvalue weighted by Gasteiger charge is -2.35. The van der Waals surface area contributed by atoms with Crippen molar-refractivity contribution in [2.75, 3.05) is 42.5 Å². The highest BCUT2D eigenvalue weighted by Gasteiger charge is 2.40. The number of carbonyl (C=O) groups excluding carboxylic acids is 1. The smallest absolute Gasteiger partial charge is 0.227 e. The maximum Gasteiger partial charge on any atom is 0.227 e. The fraction of sp³-hybridized carbons (Fsp3) is 0.737. The second-order valence-electron chi connectivity index (χ2n) is 7.80. The molecule has 0 radical (unpaired) electrons. The summed E-state index contributed by atoms with van der Waals surface area (Å²) in [4.78, 5) is 28.6. The van der Waals surface area contributed by atoms with Gasteiger partial charge in [0.05, 0.1) is 12.0 Å². The number of amides is 1. The van der Waals surface area contributed by atoms with Crippen molar-refractivity contribution in [3.05, 3.63) is 12.3 Å². The van der Waals surface area contributed by atoms with Crippen molar-refractivity contribution in [2.45, 2.75) is 51.2 Å². The molecule has 7 heteroatoms. The molecule has 2 bridgehead atoms. The zero-order chi connectivity index (χ0) is 18.1. The van der Waals surface area contributed by atoms with Crippen LogP contribution < -0.4 is 9.80 Å². The molecule has 1 aromatic heterocycles. The third kappa shape index (κ3) is 3.37. The Bertz CT molecular complexity index is 647. The van der Waals surface area contributed by atoms with Crippen molar-refractivity contribution < 1.29 is 9.90 Å². The molecule has 0 aliphatic carbocycles. The van der Waals surface area contributed by atoms with Crippen molar-refractivity contribution in [1.29, 1.82) is 0 Å². The molecule has 5 rings (SSSR count). The van der Waals surface area contributed by atoms with E-state index in [0.717, 1.165) is 76.6 Å². The van der Waals surface area contributed by atoms with Crippen LogP contribution in [0.1, 0.15) is 39.0 Å². The van der Waals surface area contributed by atoms with Crippen molar-refractivity contribution in [2.24, 2.45) is 5.92 Å². The standard InChI is InChI=1S/C19H29N5O2/c1-2-9-24-15-4-3-14(18(24)26)12-23(13-15)19-20-8-5-17(21-19)22-10-6-16(25)7-11-22/h5,8,14-16,25H,2-4,6-7,9-13H2,1H3/t14-,15+/m0/s1. The number of aliphatic hydroxyl groups is 1. The number of piperidine rings is 2. The fourth-order valence-electron chi connectivity index (χ4n) is 4.50. The molecule has 2 atom stereocenters. The highest BCUT2D eigenvalue weighted by Crippen LogP contribution is 2.31. The van der Waals surface area contributed by atoms with Crippen LogP contribution in [0.2, 0.25) is 0 Å². The van der Waals surface area contributed by atoms with E-state index in [1.54, 1.807) is 0 Å². The summed E-state index contributed by atoms with van der Waals surface area (Å²) in [6.07, 6.45) is 6.26. The summed E-state index contributed by atoms with van der Waals surface area (Å²) in [6, 6.07) is 2.22. The van der Waals surface area contributed by atoms with Crippen molar-refractivity contribution >= 4 is 17.7 Å².